The third kappa shape index (κ3) is 7.11. The summed E-state index contributed by atoms with van der Waals surface area (Å²) < 4.78 is 12.0. The largest absolute Gasteiger partial charge is 0.481 e. The summed E-state index contributed by atoms with van der Waals surface area (Å²) in [6.45, 7) is 0. The Hall–Kier alpha value is -3.00. The zero-order valence-corrected chi connectivity index (χ0v) is 17.7. The van der Waals surface area contributed by atoms with Gasteiger partial charge in [-0.15, -0.1) is 0 Å². The topological polar surface area (TPSA) is 133 Å². The van der Waals surface area contributed by atoms with Crippen LogP contribution >= 0.6 is 0 Å². The van der Waals surface area contributed by atoms with E-state index in [1.165, 1.54) is 6.26 Å². The van der Waals surface area contributed by atoms with Crippen LogP contribution in [0.3, 0.4) is 0 Å². The van der Waals surface area contributed by atoms with Crippen LogP contribution in [0.4, 0.5) is 0 Å². The van der Waals surface area contributed by atoms with E-state index in [-0.39, 0.29) is 24.6 Å². The van der Waals surface area contributed by atoms with Gasteiger partial charge in [0.1, 0.15) is 5.84 Å². The molecule has 2 aromatic carbocycles. The first kappa shape index (κ1) is 23.3. The van der Waals surface area contributed by atoms with Crippen LogP contribution in [0.1, 0.15) is 48.4 Å². The molecule has 0 aromatic heterocycles. The maximum Gasteiger partial charge on any atom is 0.305 e. The number of carbonyl (C=O) groups excluding carboxylic acids is 1. The average Bonchev–Trinajstić information content (AvgIpc) is 2.70. The number of benzene rings is 2. The zero-order valence-electron chi connectivity index (χ0n) is 16.9. The fourth-order valence-electron chi connectivity index (χ4n) is 3.18. The van der Waals surface area contributed by atoms with Crippen molar-refractivity contribution in [2.45, 2.75) is 43.0 Å². The number of hydrogen-bond donors (Lipinski definition) is 4. The fourth-order valence-corrected chi connectivity index (χ4v) is 3.99. The minimum Gasteiger partial charge on any atom is -0.481 e. The minimum atomic E-state index is -1.29. The minimum absolute atomic E-state index is 0.0302. The summed E-state index contributed by atoms with van der Waals surface area (Å²) >= 11 is 0. The summed E-state index contributed by atoms with van der Waals surface area (Å²) in [6.07, 6.45) is 3.78. The molecule has 2 rings (SSSR count). The zero-order chi connectivity index (χ0) is 22.1. The number of carbonyl (C=O) groups is 2. The monoisotopic (exact) mass is 429 g/mol. The molecule has 0 bridgehead atoms. The number of carboxylic acid groups (broad SMARTS) is 1. The van der Waals surface area contributed by atoms with Gasteiger partial charge in [-0.05, 0) is 36.5 Å². The SMILES string of the molecule is CS(=O)c1ccccc1C(CC(=O)O)NC(=O)CCCCc1ccc(C(=N)N)cc1. The van der Waals surface area contributed by atoms with Crippen molar-refractivity contribution in [3.05, 3.63) is 65.2 Å². The Labute approximate surface area is 178 Å². The van der Waals surface area contributed by atoms with E-state index in [2.05, 4.69) is 5.32 Å². The molecule has 2 aromatic rings. The third-order valence-corrected chi connectivity index (χ3v) is 5.69. The van der Waals surface area contributed by atoms with Crippen LogP contribution in [0.25, 0.3) is 0 Å². The van der Waals surface area contributed by atoms with E-state index in [9.17, 15) is 18.9 Å². The first-order valence-corrected chi connectivity index (χ1v) is 11.2. The molecule has 0 saturated heterocycles. The quantitative estimate of drug-likeness (QED) is 0.248. The van der Waals surface area contributed by atoms with Gasteiger partial charge in [-0.1, -0.05) is 42.5 Å². The molecule has 0 heterocycles. The lowest BCUT2D eigenvalue weighted by atomic mass is 10.0. The molecule has 0 aliphatic heterocycles. The highest BCUT2D eigenvalue weighted by molar-refractivity contribution is 7.84. The molecule has 0 radical (unpaired) electrons. The Morgan fingerprint density at radius 3 is 2.40 bits per heavy atom. The van der Waals surface area contributed by atoms with Crippen LogP contribution in [0.15, 0.2) is 53.4 Å². The first-order chi connectivity index (χ1) is 14.3. The Morgan fingerprint density at radius 2 is 1.80 bits per heavy atom. The fraction of sp³-hybridized carbons (Fsp3) is 0.318. The van der Waals surface area contributed by atoms with Gasteiger partial charge in [0, 0.05) is 23.1 Å². The Morgan fingerprint density at radius 1 is 1.13 bits per heavy atom. The number of carboxylic acids is 1. The van der Waals surface area contributed by atoms with E-state index >= 15 is 0 Å². The van der Waals surface area contributed by atoms with E-state index < -0.39 is 22.8 Å². The lowest BCUT2D eigenvalue weighted by Crippen LogP contribution is -2.30. The van der Waals surface area contributed by atoms with Crippen LogP contribution in [0, 0.1) is 5.41 Å². The van der Waals surface area contributed by atoms with E-state index in [0.717, 1.165) is 18.4 Å². The Kier molecular flexibility index (Phi) is 8.73. The second-order valence-corrected chi connectivity index (χ2v) is 8.38. The molecule has 1 amide bonds. The second-order valence-electron chi connectivity index (χ2n) is 7.03. The summed E-state index contributed by atoms with van der Waals surface area (Å²) in [5.41, 5.74) is 7.79. The first-order valence-electron chi connectivity index (χ1n) is 9.64. The van der Waals surface area contributed by atoms with Crippen molar-refractivity contribution in [2.24, 2.45) is 5.73 Å². The Bertz CT molecular complexity index is 928. The number of unbranched alkanes of at least 4 members (excludes halogenated alkanes) is 1. The van der Waals surface area contributed by atoms with E-state index in [1.54, 1.807) is 36.4 Å². The number of nitrogens with two attached hydrogens (primary N) is 1. The van der Waals surface area contributed by atoms with Crippen LogP contribution < -0.4 is 11.1 Å². The van der Waals surface area contributed by atoms with Gasteiger partial charge in [-0.2, -0.15) is 0 Å². The van der Waals surface area contributed by atoms with Gasteiger partial charge in [0.2, 0.25) is 5.91 Å². The predicted molar refractivity (Wildman–Crippen MR) is 117 cm³/mol. The number of aryl methyl sites for hydroxylation is 1. The van der Waals surface area contributed by atoms with E-state index in [0.29, 0.717) is 22.4 Å². The summed E-state index contributed by atoms with van der Waals surface area (Å²) in [7, 11) is -1.29. The number of nitrogen functional groups attached to an aromatic ring is 1. The Balaban J connectivity index is 1.91. The van der Waals surface area contributed by atoms with Crippen molar-refractivity contribution < 1.29 is 18.9 Å². The molecule has 0 fully saturated rings. The van der Waals surface area contributed by atoms with Crippen molar-refractivity contribution in [3.63, 3.8) is 0 Å². The number of hydrogen-bond acceptors (Lipinski definition) is 4. The molecule has 7 nitrogen and oxygen atoms in total. The van der Waals surface area contributed by atoms with Gasteiger partial charge in [-0.25, -0.2) is 0 Å². The van der Waals surface area contributed by atoms with E-state index in [4.69, 9.17) is 11.1 Å². The van der Waals surface area contributed by atoms with Crippen molar-refractivity contribution in [1.29, 1.82) is 5.41 Å². The van der Waals surface area contributed by atoms with Crippen LogP contribution in [0.5, 0.6) is 0 Å². The van der Waals surface area contributed by atoms with Gasteiger partial charge in [-0.3, -0.25) is 19.2 Å². The van der Waals surface area contributed by atoms with Crippen LogP contribution in [-0.2, 0) is 26.8 Å². The highest BCUT2D eigenvalue weighted by Gasteiger charge is 2.21. The van der Waals surface area contributed by atoms with Crippen molar-refractivity contribution >= 4 is 28.5 Å². The molecular weight excluding hydrogens is 402 g/mol. The molecule has 8 heteroatoms. The summed E-state index contributed by atoms with van der Waals surface area (Å²) in [5, 5.41) is 19.4. The summed E-state index contributed by atoms with van der Waals surface area (Å²) in [5.74, 6) is -1.24. The molecule has 0 saturated carbocycles. The van der Waals surface area contributed by atoms with Crippen molar-refractivity contribution in [2.75, 3.05) is 6.26 Å². The second kappa shape index (κ2) is 11.3. The van der Waals surface area contributed by atoms with Crippen LogP contribution in [0.2, 0.25) is 0 Å². The smallest absolute Gasteiger partial charge is 0.305 e. The van der Waals surface area contributed by atoms with Gasteiger partial charge in [0.05, 0.1) is 23.3 Å². The average molecular weight is 430 g/mol. The molecule has 2 unspecified atom stereocenters. The molecule has 0 aliphatic carbocycles. The molecular formula is C22H27N3O4S. The van der Waals surface area contributed by atoms with Gasteiger partial charge in [0.15, 0.2) is 0 Å². The number of amidine groups is 1. The molecule has 0 spiro atoms. The number of aliphatic carboxylic acids is 1. The predicted octanol–water partition coefficient (Wildman–Crippen LogP) is 2.75. The maximum atomic E-state index is 12.4. The highest BCUT2D eigenvalue weighted by Crippen LogP contribution is 2.24. The third-order valence-electron chi connectivity index (χ3n) is 4.70. The maximum absolute atomic E-state index is 12.4. The van der Waals surface area contributed by atoms with Crippen molar-refractivity contribution in [3.8, 4) is 0 Å². The number of amides is 1. The molecule has 30 heavy (non-hydrogen) atoms. The lowest BCUT2D eigenvalue weighted by molar-refractivity contribution is -0.137. The van der Waals surface area contributed by atoms with Crippen molar-refractivity contribution in [1.82, 2.24) is 5.32 Å². The molecule has 160 valence electrons. The standard InChI is InChI=1S/C22H27N3O4S/c1-30(29)19-8-4-3-7-17(19)18(14-21(27)28)25-20(26)9-5-2-6-15-10-12-16(13-11-15)22(23)24/h3-4,7-8,10-13,18H,2,5-6,9,14H2,1H3,(H3,23,24)(H,25,26)(H,27,28). The van der Waals surface area contributed by atoms with E-state index in [1.807, 2.05) is 12.1 Å². The summed E-state index contributed by atoms with van der Waals surface area (Å²) in [4.78, 5) is 24.2. The highest BCUT2D eigenvalue weighted by atomic mass is 32.2. The van der Waals surface area contributed by atoms with Gasteiger partial charge in [0.25, 0.3) is 0 Å². The molecule has 2 atom stereocenters. The molecule has 5 N–H and O–H groups in total. The molecule has 0 aliphatic rings. The number of rotatable bonds is 11. The summed E-state index contributed by atoms with van der Waals surface area (Å²) in [6, 6.07) is 13.6. The normalized spacial score (nSPS) is 12.7. The number of nitrogens with one attached hydrogen (secondary N) is 2. The van der Waals surface area contributed by atoms with Gasteiger partial charge >= 0.3 is 5.97 Å². The van der Waals surface area contributed by atoms with Gasteiger partial charge < -0.3 is 16.2 Å². The van der Waals surface area contributed by atoms with Crippen LogP contribution in [-0.4, -0.2) is 33.3 Å². The lowest BCUT2D eigenvalue weighted by Gasteiger charge is -2.20.